The summed E-state index contributed by atoms with van der Waals surface area (Å²) in [5, 5.41) is 2.68. The van der Waals surface area contributed by atoms with Crippen molar-refractivity contribution in [3.63, 3.8) is 0 Å². The summed E-state index contributed by atoms with van der Waals surface area (Å²) < 4.78 is 5.24. The van der Waals surface area contributed by atoms with Crippen molar-refractivity contribution < 1.29 is 14.3 Å². The van der Waals surface area contributed by atoms with E-state index in [0.717, 1.165) is 13.1 Å². The van der Waals surface area contributed by atoms with E-state index in [9.17, 15) is 9.59 Å². The van der Waals surface area contributed by atoms with Crippen molar-refractivity contribution in [3.05, 3.63) is 59.7 Å². The average Bonchev–Trinajstić information content (AvgIpc) is 2.67. The zero-order chi connectivity index (χ0) is 21.0. The fourth-order valence-electron chi connectivity index (χ4n) is 3.29. The molecule has 1 fully saturated rings. The van der Waals surface area contributed by atoms with Crippen molar-refractivity contribution in [3.8, 4) is 0 Å². The van der Waals surface area contributed by atoms with E-state index in [2.05, 4.69) is 41.4 Å². The Balaban J connectivity index is 1.55. The highest BCUT2D eigenvalue weighted by Gasteiger charge is 2.22. The molecule has 0 atom stereocenters. The van der Waals surface area contributed by atoms with Gasteiger partial charge in [0, 0.05) is 43.1 Å². The molecule has 0 aromatic heterocycles. The van der Waals surface area contributed by atoms with Crippen LogP contribution in [-0.4, -0.2) is 48.7 Å². The van der Waals surface area contributed by atoms with Crippen LogP contribution in [0, 0.1) is 6.92 Å². The second-order valence-electron chi connectivity index (χ2n) is 8.32. The minimum atomic E-state index is -0.555. The fourth-order valence-corrected chi connectivity index (χ4v) is 3.29. The molecule has 3 rings (SSSR count). The van der Waals surface area contributed by atoms with Crippen molar-refractivity contribution in [1.29, 1.82) is 0 Å². The molecule has 0 saturated carbocycles. The van der Waals surface area contributed by atoms with E-state index in [1.165, 1.54) is 11.3 Å². The molecule has 1 heterocycles. The van der Waals surface area contributed by atoms with E-state index in [0.29, 0.717) is 24.3 Å². The summed E-state index contributed by atoms with van der Waals surface area (Å²) in [5.41, 5.74) is 3.10. The van der Waals surface area contributed by atoms with Gasteiger partial charge in [-0.2, -0.15) is 0 Å². The topological polar surface area (TPSA) is 61.9 Å². The predicted molar refractivity (Wildman–Crippen MR) is 116 cm³/mol. The molecular weight excluding hydrogens is 366 g/mol. The molecule has 2 aromatic carbocycles. The van der Waals surface area contributed by atoms with Gasteiger partial charge in [-0.25, -0.2) is 4.79 Å². The number of nitrogens with one attached hydrogen (secondary N) is 1. The van der Waals surface area contributed by atoms with Gasteiger partial charge in [0.15, 0.2) is 0 Å². The number of benzene rings is 2. The number of hydrogen-bond donors (Lipinski definition) is 1. The summed E-state index contributed by atoms with van der Waals surface area (Å²) in [4.78, 5) is 28.9. The van der Waals surface area contributed by atoms with Crippen LogP contribution in [0.5, 0.6) is 0 Å². The zero-order valence-corrected chi connectivity index (χ0v) is 17.6. The third-order valence-electron chi connectivity index (χ3n) is 4.71. The number of aryl methyl sites for hydroxylation is 1. The molecule has 0 radical (unpaired) electrons. The maximum Gasteiger partial charge on any atom is 0.412 e. The highest BCUT2D eigenvalue weighted by molar-refractivity contribution is 5.95. The van der Waals surface area contributed by atoms with Crippen molar-refractivity contribution in [2.45, 2.75) is 33.3 Å². The third-order valence-corrected chi connectivity index (χ3v) is 4.71. The molecule has 0 unspecified atom stereocenters. The molecule has 2 aromatic rings. The summed E-state index contributed by atoms with van der Waals surface area (Å²) in [5.74, 6) is 0.0118. The number of ether oxygens (including phenoxy) is 1. The minimum absolute atomic E-state index is 0.0118. The molecule has 6 heteroatoms. The molecule has 1 aliphatic heterocycles. The van der Waals surface area contributed by atoms with Crippen LogP contribution >= 0.6 is 0 Å². The molecule has 1 N–H and O–H groups in total. The van der Waals surface area contributed by atoms with Gasteiger partial charge in [-0.05, 0) is 69.7 Å². The van der Waals surface area contributed by atoms with Gasteiger partial charge < -0.3 is 14.5 Å². The van der Waals surface area contributed by atoms with E-state index in [-0.39, 0.29) is 5.91 Å². The van der Waals surface area contributed by atoms with E-state index in [1.807, 2.05) is 25.7 Å². The second-order valence-corrected chi connectivity index (χ2v) is 8.32. The van der Waals surface area contributed by atoms with Crippen LogP contribution in [0.1, 0.15) is 36.7 Å². The van der Waals surface area contributed by atoms with Gasteiger partial charge in [0.05, 0.1) is 0 Å². The summed E-state index contributed by atoms with van der Waals surface area (Å²) in [6, 6.07) is 15.4. The van der Waals surface area contributed by atoms with Gasteiger partial charge in [0.25, 0.3) is 5.91 Å². The average molecular weight is 396 g/mol. The molecule has 0 bridgehead atoms. The van der Waals surface area contributed by atoms with Crippen LogP contribution in [0.3, 0.4) is 0 Å². The van der Waals surface area contributed by atoms with Crippen LogP contribution in [0.4, 0.5) is 16.2 Å². The predicted octanol–water partition coefficient (Wildman–Crippen LogP) is 4.30. The zero-order valence-electron chi connectivity index (χ0n) is 17.6. The first kappa shape index (κ1) is 20.7. The number of piperazine rings is 1. The van der Waals surface area contributed by atoms with Crippen LogP contribution in [-0.2, 0) is 4.74 Å². The van der Waals surface area contributed by atoms with Gasteiger partial charge in [0.1, 0.15) is 5.60 Å². The molecule has 6 nitrogen and oxygen atoms in total. The molecule has 154 valence electrons. The van der Waals surface area contributed by atoms with Crippen molar-refractivity contribution in [2.75, 3.05) is 36.4 Å². The maximum absolute atomic E-state index is 12.8. The molecule has 1 saturated heterocycles. The fraction of sp³-hybridized carbons (Fsp3) is 0.391. The van der Waals surface area contributed by atoms with E-state index in [1.54, 1.807) is 24.3 Å². The number of nitrogens with zero attached hydrogens (tertiary/aromatic N) is 2. The smallest absolute Gasteiger partial charge is 0.412 e. The van der Waals surface area contributed by atoms with Gasteiger partial charge in [-0.15, -0.1) is 0 Å². The maximum atomic E-state index is 12.8. The molecule has 2 amide bonds. The Kier molecular flexibility index (Phi) is 6.11. The lowest BCUT2D eigenvalue weighted by Gasteiger charge is -2.36. The summed E-state index contributed by atoms with van der Waals surface area (Å²) in [7, 11) is 0. The largest absolute Gasteiger partial charge is 0.444 e. The standard InChI is InChI=1S/C23H29N3O3/c1-17-6-5-7-20(16-17)25-12-14-26(15-13-25)21(27)18-8-10-19(11-9-18)24-22(28)29-23(2,3)4/h5-11,16H,12-15H2,1-4H3,(H,24,28). The second kappa shape index (κ2) is 8.55. The Labute approximate surface area is 172 Å². The van der Waals surface area contributed by atoms with E-state index in [4.69, 9.17) is 4.74 Å². The molecule has 0 spiro atoms. The van der Waals surface area contributed by atoms with Crippen LogP contribution in [0.2, 0.25) is 0 Å². The third kappa shape index (κ3) is 5.73. The Morgan fingerprint density at radius 3 is 2.21 bits per heavy atom. The van der Waals surface area contributed by atoms with E-state index >= 15 is 0 Å². The lowest BCUT2D eigenvalue weighted by molar-refractivity contribution is 0.0635. The Morgan fingerprint density at radius 2 is 1.62 bits per heavy atom. The SMILES string of the molecule is Cc1cccc(N2CCN(C(=O)c3ccc(NC(=O)OC(C)(C)C)cc3)CC2)c1. The highest BCUT2D eigenvalue weighted by atomic mass is 16.6. The van der Waals surface area contributed by atoms with Gasteiger partial charge in [0.2, 0.25) is 0 Å². The van der Waals surface area contributed by atoms with E-state index < -0.39 is 11.7 Å². The number of hydrogen-bond acceptors (Lipinski definition) is 4. The number of anilines is 2. The summed E-state index contributed by atoms with van der Waals surface area (Å²) in [6.45, 7) is 10.5. The number of carbonyl (C=O) groups is 2. The summed E-state index contributed by atoms with van der Waals surface area (Å²) >= 11 is 0. The quantitative estimate of drug-likeness (QED) is 0.841. The van der Waals surface area contributed by atoms with Gasteiger partial charge >= 0.3 is 6.09 Å². The minimum Gasteiger partial charge on any atom is -0.444 e. The Morgan fingerprint density at radius 1 is 0.966 bits per heavy atom. The molecule has 0 aliphatic carbocycles. The van der Waals surface area contributed by atoms with Crippen LogP contribution in [0.25, 0.3) is 0 Å². The first-order valence-electron chi connectivity index (χ1n) is 9.92. The first-order valence-corrected chi connectivity index (χ1v) is 9.92. The first-order chi connectivity index (χ1) is 13.7. The van der Waals surface area contributed by atoms with Gasteiger partial charge in [-0.3, -0.25) is 10.1 Å². The Bertz CT molecular complexity index is 864. The van der Waals surface area contributed by atoms with Crippen molar-refractivity contribution in [1.82, 2.24) is 4.90 Å². The number of rotatable bonds is 3. The van der Waals surface area contributed by atoms with Crippen molar-refractivity contribution in [2.24, 2.45) is 0 Å². The molecule has 1 aliphatic rings. The highest BCUT2D eigenvalue weighted by Crippen LogP contribution is 2.19. The Hall–Kier alpha value is -3.02. The monoisotopic (exact) mass is 395 g/mol. The lowest BCUT2D eigenvalue weighted by atomic mass is 10.1. The number of amides is 2. The number of carbonyl (C=O) groups excluding carboxylic acids is 2. The van der Waals surface area contributed by atoms with Crippen LogP contribution < -0.4 is 10.2 Å². The molecule has 29 heavy (non-hydrogen) atoms. The van der Waals surface area contributed by atoms with Crippen molar-refractivity contribution >= 4 is 23.4 Å². The van der Waals surface area contributed by atoms with Gasteiger partial charge in [-0.1, -0.05) is 12.1 Å². The normalized spacial score (nSPS) is 14.5. The molecular formula is C23H29N3O3. The lowest BCUT2D eigenvalue weighted by Crippen LogP contribution is -2.48. The van der Waals surface area contributed by atoms with Crippen LogP contribution in [0.15, 0.2) is 48.5 Å². The summed E-state index contributed by atoms with van der Waals surface area (Å²) in [6.07, 6.45) is -0.510.